The monoisotopic (exact) mass is 528 g/mol. The predicted molar refractivity (Wildman–Crippen MR) is 138 cm³/mol. The van der Waals surface area contributed by atoms with Crippen LogP contribution in [0.1, 0.15) is 70.0 Å². The fourth-order valence-electron chi connectivity index (χ4n) is 3.97. The number of hydrogen-bond acceptors (Lipinski definition) is 7. The van der Waals surface area contributed by atoms with Crippen molar-refractivity contribution in [1.29, 1.82) is 0 Å². The third-order valence-electron chi connectivity index (χ3n) is 5.96. The SMILES string of the molecule is C#Cc1ccccc1C(C(=O)NCC(=O)OC)N(C(=O)C(CCC(N)=O)NC(=O)OC(C)(C)C)C1CCC1. The molecule has 4 amide bonds. The van der Waals surface area contributed by atoms with Crippen LogP contribution in [0.15, 0.2) is 24.3 Å². The van der Waals surface area contributed by atoms with Crippen molar-refractivity contribution in [3.05, 3.63) is 35.4 Å². The van der Waals surface area contributed by atoms with Crippen molar-refractivity contribution in [3.63, 3.8) is 0 Å². The maximum absolute atomic E-state index is 14.1. The summed E-state index contributed by atoms with van der Waals surface area (Å²) in [5.41, 5.74) is 5.25. The molecule has 2 unspecified atom stereocenters. The third kappa shape index (κ3) is 8.50. The average molecular weight is 529 g/mol. The first kappa shape index (κ1) is 30.2. The number of carbonyl (C=O) groups excluding carboxylic acids is 5. The Hall–Kier alpha value is -4.07. The maximum atomic E-state index is 14.1. The van der Waals surface area contributed by atoms with Crippen molar-refractivity contribution in [2.75, 3.05) is 13.7 Å². The number of amides is 4. The van der Waals surface area contributed by atoms with Crippen LogP contribution < -0.4 is 16.4 Å². The van der Waals surface area contributed by atoms with Crippen molar-refractivity contribution < 1.29 is 33.4 Å². The second-order valence-electron chi connectivity index (χ2n) is 9.96. The molecule has 1 fully saturated rings. The summed E-state index contributed by atoms with van der Waals surface area (Å²) in [6, 6.07) is 3.88. The first-order chi connectivity index (χ1) is 17.9. The van der Waals surface area contributed by atoms with Crippen LogP contribution in [0.3, 0.4) is 0 Å². The van der Waals surface area contributed by atoms with Gasteiger partial charge in [0, 0.05) is 18.0 Å². The Bertz CT molecular complexity index is 1090. The van der Waals surface area contributed by atoms with Gasteiger partial charge in [-0.25, -0.2) is 4.79 Å². The normalized spacial score (nSPS) is 14.6. The van der Waals surface area contributed by atoms with Gasteiger partial charge in [0.25, 0.3) is 0 Å². The van der Waals surface area contributed by atoms with E-state index in [0.29, 0.717) is 24.0 Å². The van der Waals surface area contributed by atoms with Gasteiger partial charge >= 0.3 is 12.1 Å². The molecule has 0 radical (unpaired) electrons. The molecule has 0 spiro atoms. The highest BCUT2D eigenvalue weighted by molar-refractivity contribution is 5.94. The number of terminal acetylenes is 1. The predicted octanol–water partition coefficient (Wildman–Crippen LogP) is 1.54. The van der Waals surface area contributed by atoms with E-state index in [2.05, 4.69) is 21.3 Å². The molecule has 1 aromatic rings. The van der Waals surface area contributed by atoms with Crippen LogP contribution in [0.2, 0.25) is 0 Å². The zero-order valence-corrected chi connectivity index (χ0v) is 22.2. The third-order valence-corrected chi connectivity index (χ3v) is 5.96. The lowest BCUT2D eigenvalue weighted by Gasteiger charge is -2.43. The largest absolute Gasteiger partial charge is 0.468 e. The van der Waals surface area contributed by atoms with Gasteiger partial charge in [0.1, 0.15) is 24.2 Å². The van der Waals surface area contributed by atoms with Gasteiger partial charge in [-0.3, -0.25) is 19.2 Å². The lowest BCUT2D eigenvalue weighted by molar-refractivity contribution is -0.148. The highest BCUT2D eigenvalue weighted by Crippen LogP contribution is 2.35. The van der Waals surface area contributed by atoms with E-state index >= 15 is 0 Å². The minimum absolute atomic E-state index is 0.107. The molecule has 1 saturated carbocycles. The number of ether oxygens (including phenoxy) is 2. The molecule has 1 aliphatic rings. The van der Waals surface area contributed by atoms with Crippen LogP contribution in [0, 0.1) is 12.3 Å². The van der Waals surface area contributed by atoms with Gasteiger partial charge in [-0.15, -0.1) is 6.42 Å². The average Bonchev–Trinajstić information content (AvgIpc) is 2.82. The van der Waals surface area contributed by atoms with Gasteiger partial charge in [-0.05, 0) is 58.1 Å². The molecule has 0 heterocycles. The smallest absolute Gasteiger partial charge is 0.408 e. The molecule has 4 N–H and O–H groups in total. The standard InChI is InChI=1S/C27H36N4O7/c1-6-17-10-7-8-13-19(17)23(24(34)29-16-22(33)37-5)31(18-11-9-12-18)25(35)20(14-15-21(28)32)30-26(36)38-27(2,3)4/h1,7-8,10,13,18,20,23H,9,11-12,14-16H2,2-5H3,(H2,28,32)(H,29,34)(H,30,36). The second-order valence-corrected chi connectivity index (χ2v) is 9.96. The summed E-state index contributed by atoms with van der Waals surface area (Å²) in [5, 5.41) is 5.06. The number of carbonyl (C=O) groups is 5. The topological polar surface area (TPSA) is 157 Å². The molecule has 11 heteroatoms. The van der Waals surface area contributed by atoms with E-state index in [1.165, 1.54) is 12.0 Å². The van der Waals surface area contributed by atoms with Crippen LogP contribution in [-0.2, 0) is 28.7 Å². The zero-order valence-electron chi connectivity index (χ0n) is 22.2. The van der Waals surface area contributed by atoms with Gasteiger partial charge in [-0.1, -0.05) is 24.1 Å². The first-order valence-electron chi connectivity index (χ1n) is 12.4. The summed E-state index contributed by atoms with van der Waals surface area (Å²) in [5.74, 6) is -0.0409. The Morgan fingerprint density at radius 2 is 1.84 bits per heavy atom. The van der Waals surface area contributed by atoms with Crippen molar-refractivity contribution in [3.8, 4) is 12.3 Å². The lowest BCUT2D eigenvalue weighted by Crippen LogP contribution is -2.58. The maximum Gasteiger partial charge on any atom is 0.408 e. The van der Waals surface area contributed by atoms with E-state index in [4.69, 9.17) is 16.9 Å². The van der Waals surface area contributed by atoms with Crippen molar-refractivity contribution in [1.82, 2.24) is 15.5 Å². The first-order valence-corrected chi connectivity index (χ1v) is 12.4. The molecule has 1 aliphatic carbocycles. The highest BCUT2D eigenvalue weighted by atomic mass is 16.6. The summed E-state index contributed by atoms with van der Waals surface area (Å²) in [4.78, 5) is 64.9. The number of hydrogen-bond donors (Lipinski definition) is 3. The number of benzene rings is 1. The number of nitrogens with zero attached hydrogens (tertiary/aromatic N) is 1. The molecule has 38 heavy (non-hydrogen) atoms. The van der Waals surface area contributed by atoms with Crippen molar-refractivity contribution in [2.45, 2.75) is 76.6 Å². The number of nitrogens with two attached hydrogens (primary N) is 1. The highest BCUT2D eigenvalue weighted by Gasteiger charge is 2.42. The molecule has 2 rings (SSSR count). The van der Waals surface area contributed by atoms with E-state index in [9.17, 15) is 24.0 Å². The summed E-state index contributed by atoms with van der Waals surface area (Å²) in [6.45, 7) is 4.60. The van der Waals surface area contributed by atoms with Crippen molar-refractivity contribution in [2.24, 2.45) is 5.73 Å². The van der Waals surface area contributed by atoms with Gasteiger partial charge in [0.2, 0.25) is 17.7 Å². The molecule has 0 saturated heterocycles. The molecule has 0 bridgehead atoms. The van der Waals surface area contributed by atoms with E-state index < -0.39 is 54.0 Å². The Balaban J connectivity index is 2.54. The molecular formula is C27H36N4O7. The Morgan fingerprint density at radius 1 is 1.18 bits per heavy atom. The van der Waals surface area contributed by atoms with E-state index in [-0.39, 0.29) is 18.9 Å². The Morgan fingerprint density at radius 3 is 2.37 bits per heavy atom. The lowest BCUT2D eigenvalue weighted by atomic mass is 9.87. The summed E-state index contributed by atoms with van der Waals surface area (Å²) in [6.07, 6.45) is 6.61. The quantitative estimate of drug-likeness (QED) is 0.290. The van der Waals surface area contributed by atoms with Gasteiger partial charge in [0.05, 0.1) is 7.11 Å². The van der Waals surface area contributed by atoms with E-state index in [0.717, 1.165) is 6.42 Å². The summed E-state index contributed by atoms with van der Waals surface area (Å²) in [7, 11) is 1.19. The number of methoxy groups -OCH3 is 1. The van der Waals surface area contributed by atoms with Crippen LogP contribution in [-0.4, -0.2) is 66.0 Å². The minimum Gasteiger partial charge on any atom is -0.468 e. The van der Waals surface area contributed by atoms with Gasteiger partial charge in [-0.2, -0.15) is 0 Å². The number of rotatable bonds is 11. The zero-order chi connectivity index (χ0) is 28.5. The fourth-order valence-corrected chi connectivity index (χ4v) is 3.97. The number of esters is 1. The Kier molecular flexibility index (Phi) is 10.7. The van der Waals surface area contributed by atoms with E-state index in [1.807, 2.05) is 0 Å². The fraction of sp³-hybridized carbons (Fsp3) is 0.519. The molecule has 1 aromatic carbocycles. The molecule has 206 valence electrons. The summed E-state index contributed by atoms with van der Waals surface area (Å²) >= 11 is 0. The van der Waals surface area contributed by atoms with Gasteiger partial charge in [0.15, 0.2) is 0 Å². The molecule has 0 aromatic heterocycles. The Labute approximate surface area is 222 Å². The number of nitrogens with one attached hydrogen (secondary N) is 2. The van der Waals surface area contributed by atoms with Crippen LogP contribution in [0.5, 0.6) is 0 Å². The molecular weight excluding hydrogens is 492 g/mol. The molecule has 11 nitrogen and oxygen atoms in total. The second kappa shape index (κ2) is 13.5. The van der Waals surface area contributed by atoms with Crippen LogP contribution in [0.25, 0.3) is 0 Å². The van der Waals surface area contributed by atoms with Crippen LogP contribution >= 0.6 is 0 Å². The minimum atomic E-state index is -1.22. The van der Waals surface area contributed by atoms with E-state index in [1.54, 1.807) is 45.0 Å². The number of alkyl carbamates (subject to hydrolysis) is 1. The van der Waals surface area contributed by atoms with Gasteiger partial charge < -0.3 is 30.7 Å². The number of primary amides is 1. The molecule has 2 atom stereocenters. The van der Waals surface area contributed by atoms with Crippen LogP contribution in [0.4, 0.5) is 4.79 Å². The molecule has 0 aliphatic heterocycles. The summed E-state index contributed by atoms with van der Waals surface area (Å²) < 4.78 is 9.94. The van der Waals surface area contributed by atoms with Crippen molar-refractivity contribution >= 4 is 29.8 Å².